The van der Waals surface area contributed by atoms with Crippen LogP contribution < -0.4 is 9.62 Å². The monoisotopic (exact) mass is 561 g/mol. The fraction of sp³-hybridized carbons (Fsp3) is 0.259. The van der Waals surface area contributed by atoms with Crippen LogP contribution in [0.25, 0.3) is 0 Å². The summed E-state index contributed by atoms with van der Waals surface area (Å²) >= 11 is 12.4. The number of para-hydroxylation sites is 1. The Kier molecular flexibility index (Phi) is 9.59. The van der Waals surface area contributed by atoms with E-state index in [2.05, 4.69) is 5.32 Å². The van der Waals surface area contributed by atoms with Crippen LogP contribution in [0, 0.1) is 0 Å². The van der Waals surface area contributed by atoms with Gasteiger partial charge in [0, 0.05) is 22.6 Å². The number of benzene rings is 3. The molecule has 1 atom stereocenters. The van der Waals surface area contributed by atoms with Crippen LogP contribution in [0.3, 0.4) is 0 Å². The van der Waals surface area contributed by atoms with Crippen molar-refractivity contribution in [3.8, 4) is 0 Å². The van der Waals surface area contributed by atoms with Gasteiger partial charge in [-0.1, -0.05) is 65.7 Å². The predicted octanol–water partition coefficient (Wildman–Crippen LogP) is 5.13. The number of carbonyl (C=O) groups is 2. The molecule has 0 heterocycles. The molecule has 0 saturated carbocycles. The van der Waals surface area contributed by atoms with Crippen LogP contribution in [0.1, 0.15) is 26.3 Å². The Morgan fingerprint density at radius 3 is 2.05 bits per heavy atom. The number of hydrogen-bond acceptors (Lipinski definition) is 4. The predicted molar refractivity (Wildman–Crippen MR) is 147 cm³/mol. The van der Waals surface area contributed by atoms with E-state index in [1.807, 2.05) is 13.8 Å². The van der Waals surface area contributed by atoms with Gasteiger partial charge in [0.1, 0.15) is 12.6 Å². The first-order valence-electron chi connectivity index (χ1n) is 11.7. The van der Waals surface area contributed by atoms with E-state index in [4.69, 9.17) is 23.2 Å². The van der Waals surface area contributed by atoms with Gasteiger partial charge in [-0.25, -0.2) is 8.42 Å². The summed E-state index contributed by atoms with van der Waals surface area (Å²) < 4.78 is 28.3. The van der Waals surface area contributed by atoms with Crippen LogP contribution in [0.15, 0.2) is 83.8 Å². The minimum atomic E-state index is -4.09. The molecular formula is C27H29Cl2N3O4S. The Hall–Kier alpha value is -3.07. The number of nitrogens with one attached hydrogen (secondary N) is 1. The van der Waals surface area contributed by atoms with E-state index in [1.165, 1.54) is 17.0 Å². The lowest BCUT2D eigenvalue weighted by molar-refractivity contribution is -0.139. The molecule has 37 heavy (non-hydrogen) atoms. The second-order valence-electron chi connectivity index (χ2n) is 8.76. The summed E-state index contributed by atoms with van der Waals surface area (Å²) in [5.74, 6) is -0.939. The number of rotatable bonds is 10. The summed E-state index contributed by atoms with van der Waals surface area (Å²) in [5.41, 5.74) is 0.893. The van der Waals surface area contributed by atoms with E-state index in [1.54, 1.807) is 73.7 Å². The van der Waals surface area contributed by atoms with Gasteiger partial charge in [0.15, 0.2) is 0 Å². The van der Waals surface area contributed by atoms with Crippen molar-refractivity contribution in [3.63, 3.8) is 0 Å². The van der Waals surface area contributed by atoms with Crippen molar-refractivity contribution in [1.82, 2.24) is 10.2 Å². The maximum atomic E-state index is 13.8. The zero-order valence-electron chi connectivity index (χ0n) is 20.8. The van der Waals surface area contributed by atoms with Crippen LogP contribution >= 0.6 is 23.2 Å². The van der Waals surface area contributed by atoms with Crippen LogP contribution in [0.5, 0.6) is 0 Å². The number of amides is 2. The minimum absolute atomic E-state index is 0.0183. The van der Waals surface area contributed by atoms with Gasteiger partial charge in [-0.15, -0.1) is 0 Å². The number of carbonyl (C=O) groups excluding carboxylic acids is 2. The van der Waals surface area contributed by atoms with Gasteiger partial charge < -0.3 is 10.2 Å². The molecule has 0 unspecified atom stereocenters. The number of sulfonamides is 1. The molecule has 0 aromatic heterocycles. The second kappa shape index (κ2) is 12.4. The number of hydrogen-bond donors (Lipinski definition) is 1. The fourth-order valence-electron chi connectivity index (χ4n) is 3.66. The fourth-order valence-corrected chi connectivity index (χ4v) is 5.57. The lowest BCUT2D eigenvalue weighted by Gasteiger charge is -2.32. The molecule has 0 aliphatic carbocycles. The molecule has 2 amide bonds. The van der Waals surface area contributed by atoms with E-state index < -0.39 is 28.5 Å². The van der Waals surface area contributed by atoms with E-state index in [0.717, 1.165) is 4.31 Å². The highest BCUT2D eigenvalue weighted by Gasteiger charge is 2.32. The van der Waals surface area contributed by atoms with Crippen LogP contribution in [-0.4, -0.2) is 43.8 Å². The Labute approximate surface area is 228 Å². The maximum Gasteiger partial charge on any atom is 0.264 e. The SMILES string of the molecule is CC(C)NC(=O)[C@H](C)N(Cc1ccc(Cl)cc1Cl)C(=O)CN(c1ccccc1)S(=O)(=O)c1ccccc1. The third-order valence-corrected chi connectivity index (χ3v) is 7.98. The maximum absolute atomic E-state index is 13.8. The van der Waals surface area contributed by atoms with Gasteiger partial charge in [0.25, 0.3) is 10.0 Å². The van der Waals surface area contributed by atoms with E-state index in [9.17, 15) is 18.0 Å². The van der Waals surface area contributed by atoms with Gasteiger partial charge in [-0.05, 0) is 62.7 Å². The quantitative estimate of drug-likeness (QED) is 0.371. The van der Waals surface area contributed by atoms with E-state index >= 15 is 0 Å². The second-order valence-corrected chi connectivity index (χ2v) is 11.5. The summed E-state index contributed by atoms with van der Waals surface area (Å²) in [7, 11) is -4.09. The molecule has 0 saturated heterocycles. The number of halogens is 2. The largest absolute Gasteiger partial charge is 0.352 e. The first-order chi connectivity index (χ1) is 17.5. The van der Waals surface area contributed by atoms with Gasteiger partial charge in [0.05, 0.1) is 10.6 Å². The van der Waals surface area contributed by atoms with E-state index in [0.29, 0.717) is 21.3 Å². The van der Waals surface area contributed by atoms with Gasteiger partial charge in [-0.2, -0.15) is 0 Å². The highest BCUT2D eigenvalue weighted by molar-refractivity contribution is 7.92. The first-order valence-corrected chi connectivity index (χ1v) is 13.9. The molecule has 7 nitrogen and oxygen atoms in total. The van der Waals surface area contributed by atoms with Crippen LogP contribution in [0.2, 0.25) is 10.0 Å². The highest BCUT2D eigenvalue weighted by Crippen LogP contribution is 2.26. The van der Waals surface area contributed by atoms with Crippen LogP contribution in [-0.2, 0) is 26.2 Å². The van der Waals surface area contributed by atoms with Crippen molar-refractivity contribution in [1.29, 1.82) is 0 Å². The smallest absolute Gasteiger partial charge is 0.264 e. The van der Waals surface area contributed by atoms with Crippen molar-refractivity contribution < 1.29 is 18.0 Å². The number of nitrogens with zero attached hydrogens (tertiary/aromatic N) is 2. The molecule has 1 N–H and O–H groups in total. The number of anilines is 1. The Morgan fingerprint density at radius 1 is 0.892 bits per heavy atom. The first kappa shape index (κ1) is 28.5. The standard InChI is InChI=1S/C27H29Cl2N3O4S/c1-19(2)30-27(34)20(3)31(17-21-14-15-22(28)16-25(21)29)26(33)18-32(23-10-6-4-7-11-23)37(35,36)24-12-8-5-9-13-24/h4-16,19-20H,17-18H2,1-3H3,(H,30,34)/t20-/m0/s1. The molecule has 196 valence electrons. The van der Waals surface area contributed by atoms with Gasteiger partial charge >= 0.3 is 0 Å². The van der Waals surface area contributed by atoms with Crippen molar-refractivity contribution in [2.45, 2.75) is 44.3 Å². The zero-order valence-corrected chi connectivity index (χ0v) is 23.1. The summed E-state index contributed by atoms with van der Waals surface area (Å²) in [5, 5.41) is 3.57. The zero-order chi connectivity index (χ0) is 27.2. The summed E-state index contributed by atoms with van der Waals surface area (Å²) in [6.07, 6.45) is 0. The third kappa shape index (κ3) is 7.25. The molecule has 3 aromatic carbocycles. The van der Waals surface area contributed by atoms with E-state index in [-0.39, 0.29) is 23.4 Å². The molecule has 0 fully saturated rings. The lowest BCUT2D eigenvalue weighted by atomic mass is 10.1. The average Bonchev–Trinajstić information content (AvgIpc) is 2.87. The molecule has 0 bridgehead atoms. The van der Waals surface area contributed by atoms with Gasteiger partial charge in [-0.3, -0.25) is 13.9 Å². The molecule has 3 aromatic rings. The summed E-state index contributed by atoms with van der Waals surface area (Å²) in [6.45, 7) is 4.69. The molecular weight excluding hydrogens is 533 g/mol. The Bertz CT molecular complexity index is 1340. The molecule has 3 rings (SSSR count). The minimum Gasteiger partial charge on any atom is -0.352 e. The molecule has 0 spiro atoms. The van der Waals surface area contributed by atoms with Crippen molar-refractivity contribution in [3.05, 3.63) is 94.5 Å². The van der Waals surface area contributed by atoms with Crippen molar-refractivity contribution in [2.24, 2.45) is 0 Å². The normalized spacial score (nSPS) is 12.2. The molecule has 0 radical (unpaired) electrons. The Morgan fingerprint density at radius 2 is 1.49 bits per heavy atom. The Balaban J connectivity index is 2.01. The third-order valence-electron chi connectivity index (χ3n) is 5.61. The van der Waals surface area contributed by atoms with Crippen molar-refractivity contribution >= 4 is 50.7 Å². The topological polar surface area (TPSA) is 86.8 Å². The summed E-state index contributed by atoms with van der Waals surface area (Å²) in [4.78, 5) is 28.1. The summed E-state index contributed by atoms with van der Waals surface area (Å²) in [6, 6.07) is 20.1. The molecule has 0 aliphatic rings. The van der Waals surface area contributed by atoms with Gasteiger partial charge in [0.2, 0.25) is 11.8 Å². The van der Waals surface area contributed by atoms with Crippen molar-refractivity contribution in [2.75, 3.05) is 10.8 Å². The van der Waals surface area contributed by atoms with Crippen LogP contribution in [0.4, 0.5) is 5.69 Å². The molecule has 0 aliphatic heterocycles. The lowest BCUT2D eigenvalue weighted by Crippen LogP contribution is -2.52. The molecule has 10 heteroatoms. The average molecular weight is 563 g/mol. The highest BCUT2D eigenvalue weighted by atomic mass is 35.5.